The van der Waals surface area contributed by atoms with E-state index >= 15 is 0 Å². The number of hydrogen-bond acceptors (Lipinski definition) is 4. The van der Waals surface area contributed by atoms with Crippen LogP contribution in [0.3, 0.4) is 0 Å². The lowest BCUT2D eigenvalue weighted by atomic mass is 10.0. The molecule has 0 aliphatic heterocycles. The van der Waals surface area contributed by atoms with E-state index in [1.54, 1.807) is 20.8 Å². The number of benzene rings is 1. The van der Waals surface area contributed by atoms with E-state index < -0.39 is 29.5 Å². The monoisotopic (exact) mass is 333 g/mol. The van der Waals surface area contributed by atoms with Gasteiger partial charge in [-0.05, 0) is 38.5 Å². The fourth-order valence-electron chi connectivity index (χ4n) is 1.80. The van der Waals surface area contributed by atoms with Crippen molar-refractivity contribution >= 4 is 12.4 Å². The summed E-state index contributed by atoms with van der Waals surface area (Å²) < 4.78 is 49.2. The highest BCUT2D eigenvalue weighted by molar-refractivity contribution is 5.75. The summed E-state index contributed by atoms with van der Waals surface area (Å²) >= 11 is 0. The Morgan fingerprint density at radius 1 is 1.26 bits per heavy atom. The number of alkyl halides is 3. The third-order valence-corrected chi connectivity index (χ3v) is 2.71. The number of hydrogen-bond donors (Lipinski definition) is 1. The normalized spacial score (nSPS) is 13.2. The zero-order chi connectivity index (χ0) is 17.8. The first-order chi connectivity index (χ1) is 10.5. The molecule has 0 heterocycles. The average molecular weight is 333 g/mol. The van der Waals surface area contributed by atoms with Gasteiger partial charge in [0, 0.05) is 0 Å². The number of halogens is 3. The number of alkyl carbamates (subject to hydrolysis) is 1. The first-order valence-corrected chi connectivity index (χ1v) is 6.68. The van der Waals surface area contributed by atoms with Crippen molar-refractivity contribution in [3.05, 3.63) is 29.3 Å². The van der Waals surface area contributed by atoms with Crippen LogP contribution >= 0.6 is 0 Å². The van der Waals surface area contributed by atoms with Gasteiger partial charge in [0.1, 0.15) is 23.7 Å². The Labute approximate surface area is 131 Å². The van der Waals surface area contributed by atoms with Crippen LogP contribution in [-0.4, -0.2) is 25.1 Å². The minimum absolute atomic E-state index is 0.0111. The number of rotatable bonds is 4. The smallest absolute Gasteiger partial charge is 0.416 e. The van der Waals surface area contributed by atoms with E-state index in [1.165, 1.54) is 13.2 Å². The zero-order valence-corrected chi connectivity index (χ0v) is 13.2. The van der Waals surface area contributed by atoms with Gasteiger partial charge in [0.05, 0.1) is 12.7 Å². The van der Waals surface area contributed by atoms with E-state index in [0.29, 0.717) is 0 Å². The summed E-state index contributed by atoms with van der Waals surface area (Å²) in [4.78, 5) is 22.9. The number of aldehydes is 1. The lowest BCUT2D eigenvalue weighted by molar-refractivity contribution is -0.138. The molecule has 0 radical (unpaired) electrons. The quantitative estimate of drug-likeness (QED) is 0.857. The number of nitrogens with one attached hydrogen (secondary N) is 1. The average Bonchev–Trinajstić information content (AvgIpc) is 2.41. The molecule has 0 aromatic heterocycles. The van der Waals surface area contributed by atoms with Crippen LogP contribution in [0, 0.1) is 0 Å². The van der Waals surface area contributed by atoms with E-state index in [4.69, 9.17) is 9.47 Å². The Kier molecular flexibility index (Phi) is 5.63. The molecule has 1 amide bonds. The van der Waals surface area contributed by atoms with Crippen LogP contribution in [0.15, 0.2) is 18.2 Å². The Balaban J connectivity index is 3.15. The van der Waals surface area contributed by atoms with Crippen LogP contribution in [0.2, 0.25) is 0 Å². The van der Waals surface area contributed by atoms with Crippen LogP contribution in [0.25, 0.3) is 0 Å². The fraction of sp³-hybridized carbons (Fsp3) is 0.467. The second-order valence-corrected chi connectivity index (χ2v) is 5.71. The molecule has 0 spiro atoms. The summed E-state index contributed by atoms with van der Waals surface area (Å²) in [5.41, 5.74) is -2.30. The third-order valence-electron chi connectivity index (χ3n) is 2.71. The Morgan fingerprint density at radius 3 is 2.30 bits per heavy atom. The van der Waals surface area contributed by atoms with E-state index in [1.807, 2.05) is 0 Å². The third kappa shape index (κ3) is 5.46. The van der Waals surface area contributed by atoms with E-state index in [0.717, 1.165) is 12.1 Å². The molecular weight excluding hydrogens is 315 g/mol. The van der Waals surface area contributed by atoms with Gasteiger partial charge in [0.2, 0.25) is 0 Å². The predicted molar refractivity (Wildman–Crippen MR) is 76.2 cm³/mol. The van der Waals surface area contributed by atoms with E-state index in [2.05, 4.69) is 5.32 Å². The van der Waals surface area contributed by atoms with Crippen LogP contribution < -0.4 is 10.1 Å². The van der Waals surface area contributed by atoms with Gasteiger partial charge in [-0.2, -0.15) is 13.2 Å². The van der Waals surface area contributed by atoms with Gasteiger partial charge in [-0.3, -0.25) is 0 Å². The molecule has 0 aliphatic carbocycles. The van der Waals surface area contributed by atoms with Gasteiger partial charge < -0.3 is 19.6 Å². The second kappa shape index (κ2) is 6.89. The van der Waals surface area contributed by atoms with Crippen molar-refractivity contribution in [3.8, 4) is 5.75 Å². The van der Waals surface area contributed by atoms with E-state index in [-0.39, 0.29) is 17.6 Å². The van der Waals surface area contributed by atoms with Gasteiger partial charge in [-0.1, -0.05) is 6.07 Å². The van der Waals surface area contributed by atoms with Gasteiger partial charge in [-0.25, -0.2) is 4.79 Å². The molecule has 0 saturated carbocycles. The molecule has 0 bridgehead atoms. The van der Waals surface area contributed by atoms with Crippen molar-refractivity contribution in [2.24, 2.45) is 0 Å². The predicted octanol–water partition coefficient (Wildman–Crippen LogP) is 3.48. The number of carbonyl (C=O) groups excluding carboxylic acids is 2. The second-order valence-electron chi connectivity index (χ2n) is 5.71. The Morgan fingerprint density at radius 2 is 1.87 bits per heavy atom. The highest BCUT2D eigenvalue weighted by Crippen LogP contribution is 2.36. The SMILES string of the molecule is COc1ccc(C(C=O)NC(=O)OC(C)(C)C)c(C(F)(F)F)c1. The highest BCUT2D eigenvalue weighted by atomic mass is 19.4. The summed E-state index contributed by atoms with van der Waals surface area (Å²) in [5, 5.41) is 2.12. The number of carbonyl (C=O) groups is 2. The topological polar surface area (TPSA) is 64.6 Å². The zero-order valence-electron chi connectivity index (χ0n) is 13.2. The molecule has 1 unspecified atom stereocenters. The number of amides is 1. The van der Waals surface area contributed by atoms with Crippen LogP contribution in [0.4, 0.5) is 18.0 Å². The molecule has 1 aromatic rings. The van der Waals surface area contributed by atoms with Gasteiger partial charge >= 0.3 is 12.3 Å². The van der Waals surface area contributed by atoms with E-state index in [9.17, 15) is 22.8 Å². The maximum absolute atomic E-state index is 13.2. The molecule has 0 fully saturated rings. The van der Waals surface area contributed by atoms with Crippen molar-refractivity contribution in [2.45, 2.75) is 38.6 Å². The molecular formula is C15H18F3NO4. The molecule has 128 valence electrons. The molecule has 0 aliphatic rings. The lowest BCUT2D eigenvalue weighted by Gasteiger charge is -2.23. The summed E-state index contributed by atoms with van der Waals surface area (Å²) in [5.74, 6) is -0.0111. The first kappa shape index (κ1) is 18.8. The summed E-state index contributed by atoms with van der Waals surface area (Å²) in [6.07, 6.45) is -5.49. The number of ether oxygens (including phenoxy) is 2. The minimum atomic E-state index is -4.71. The van der Waals surface area contributed by atoms with Crippen molar-refractivity contribution < 1.29 is 32.2 Å². The molecule has 1 aromatic carbocycles. The fourth-order valence-corrected chi connectivity index (χ4v) is 1.80. The maximum atomic E-state index is 13.2. The largest absolute Gasteiger partial charge is 0.497 e. The van der Waals surface area contributed by atoms with Gasteiger partial charge in [0.25, 0.3) is 0 Å². The van der Waals surface area contributed by atoms with Crippen molar-refractivity contribution in [3.63, 3.8) is 0 Å². The standard InChI is InChI=1S/C15H18F3NO4/c1-14(2,3)23-13(21)19-12(8-20)10-6-5-9(22-4)7-11(10)15(16,17)18/h5-8,12H,1-4H3,(H,19,21). The van der Waals surface area contributed by atoms with Gasteiger partial charge in [-0.15, -0.1) is 0 Å². The Hall–Kier alpha value is -2.25. The van der Waals surface area contributed by atoms with Gasteiger partial charge in [0.15, 0.2) is 0 Å². The van der Waals surface area contributed by atoms with Crippen molar-refractivity contribution in [1.82, 2.24) is 5.32 Å². The first-order valence-electron chi connectivity index (χ1n) is 6.68. The molecule has 1 rings (SSSR count). The number of methoxy groups -OCH3 is 1. The van der Waals surface area contributed by atoms with Crippen LogP contribution in [0.5, 0.6) is 5.75 Å². The highest BCUT2D eigenvalue weighted by Gasteiger charge is 2.36. The minimum Gasteiger partial charge on any atom is -0.497 e. The molecule has 23 heavy (non-hydrogen) atoms. The Bertz CT molecular complexity index is 579. The van der Waals surface area contributed by atoms with Crippen molar-refractivity contribution in [1.29, 1.82) is 0 Å². The lowest BCUT2D eigenvalue weighted by Crippen LogP contribution is -2.36. The summed E-state index contributed by atoms with van der Waals surface area (Å²) in [6, 6.07) is 1.63. The maximum Gasteiger partial charge on any atom is 0.416 e. The molecule has 1 N–H and O–H groups in total. The summed E-state index contributed by atoms with van der Waals surface area (Å²) in [7, 11) is 1.23. The van der Waals surface area contributed by atoms with Crippen molar-refractivity contribution in [2.75, 3.05) is 7.11 Å². The molecule has 0 saturated heterocycles. The van der Waals surface area contributed by atoms with Crippen LogP contribution in [0.1, 0.15) is 37.9 Å². The molecule has 5 nitrogen and oxygen atoms in total. The summed E-state index contributed by atoms with van der Waals surface area (Å²) in [6.45, 7) is 4.78. The van der Waals surface area contributed by atoms with Crippen LogP contribution in [-0.2, 0) is 15.7 Å². The molecule has 8 heteroatoms. The molecule has 1 atom stereocenters.